The first-order valence-corrected chi connectivity index (χ1v) is 6.29. The van der Waals surface area contributed by atoms with Crippen molar-refractivity contribution in [3.8, 4) is 0 Å². The summed E-state index contributed by atoms with van der Waals surface area (Å²) in [6.45, 7) is 7.12. The lowest BCUT2D eigenvalue weighted by atomic mass is 9.60. The molecule has 0 bridgehead atoms. The number of furan rings is 1. The third-order valence-electron chi connectivity index (χ3n) is 4.45. The van der Waals surface area contributed by atoms with Crippen molar-refractivity contribution in [2.75, 3.05) is 0 Å². The second kappa shape index (κ2) is 3.26. The molecular weight excluding hydrogens is 196 g/mol. The van der Waals surface area contributed by atoms with Crippen LogP contribution in [0, 0.1) is 17.3 Å². The molecule has 0 amide bonds. The molecule has 1 heterocycles. The summed E-state index contributed by atoms with van der Waals surface area (Å²) in [5.41, 5.74) is 3.45. The molecule has 0 saturated carbocycles. The summed E-state index contributed by atoms with van der Waals surface area (Å²) >= 11 is 0. The monoisotopic (exact) mass is 216 g/mol. The van der Waals surface area contributed by atoms with Gasteiger partial charge in [0, 0.05) is 6.42 Å². The molecule has 0 aliphatic heterocycles. The van der Waals surface area contributed by atoms with Gasteiger partial charge in [-0.25, -0.2) is 0 Å². The van der Waals surface area contributed by atoms with Crippen molar-refractivity contribution < 1.29 is 4.42 Å². The maximum atomic E-state index is 5.58. The molecule has 0 radical (unpaired) electrons. The fourth-order valence-corrected chi connectivity index (χ4v) is 3.78. The summed E-state index contributed by atoms with van der Waals surface area (Å²) in [4.78, 5) is 0. The zero-order valence-corrected chi connectivity index (χ0v) is 10.4. The fraction of sp³-hybridized carbons (Fsp3) is 0.600. The highest BCUT2D eigenvalue weighted by molar-refractivity contribution is 5.27. The van der Waals surface area contributed by atoms with Gasteiger partial charge < -0.3 is 4.42 Å². The van der Waals surface area contributed by atoms with E-state index in [1.807, 2.05) is 6.26 Å². The predicted octanol–water partition coefficient (Wildman–Crippen LogP) is 3.99. The Morgan fingerprint density at radius 3 is 2.94 bits per heavy atom. The first-order chi connectivity index (χ1) is 7.56. The zero-order valence-electron chi connectivity index (χ0n) is 10.4. The van der Waals surface area contributed by atoms with E-state index in [-0.39, 0.29) is 0 Å². The van der Waals surface area contributed by atoms with E-state index in [2.05, 4.69) is 32.9 Å². The summed E-state index contributed by atoms with van der Waals surface area (Å²) in [6.07, 6.45) is 7.90. The summed E-state index contributed by atoms with van der Waals surface area (Å²) in [7, 11) is 0. The quantitative estimate of drug-likeness (QED) is 0.598. The van der Waals surface area contributed by atoms with Crippen molar-refractivity contribution in [2.24, 2.45) is 17.3 Å². The van der Waals surface area contributed by atoms with E-state index in [1.54, 1.807) is 5.57 Å². The molecular formula is C15H20O. The lowest BCUT2D eigenvalue weighted by molar-refractivity contribution is 0.130. The first-order valence-electron chi connectivity index (χ1n) is 6.29. The molecule has 0 aromatic carbocycles. The van der Waals surface area contributed by atoms with Crippen LogP contribution in [0.4, 0.5) is 0 Å². The summed E-state index contributed by atoms with van der Waals surface area (Å²) in [5, 5.41) is 0. The molecule has 16 heavy (non-hydrogen) atoms. The van der Waals surface area contributed by atoms with Gasteiger partial charge in [-0.05, 0) is 48.6 Å². The standard InChI is InChI=1S/C15H20O/c1-10-6-12-8-14-11(4-5-16-14)7-13(12)15(2,3)9-10/h4-6,12-13H,7-9H2,1-3H3/t12-,13+/m1/s1. The molecule has 86 valence electrons. The van der Waals surface area contributed by atoms with Crippen molar-refractivity contribution in [1.29, 1.82) is 0 Å². The van der Waals surface area contributed by atoms with Crippen molar-refractivity contribution in [1.82, 2.24) is 0 Å². The second-order valence-electron chi connectivity index (χ2n) is 6.23. The minimum Gasteiger partial charge on any atom is -0.469 e. The van der Waals surface area contributed by atoms with Crippen molar-refractivity contribution in [3.05, 3.63) is 35.3 Å². The van der Waals surface area contributed by atoms with E-state index in [4.69, 9.17) is 4.42 Å². The topological polar surface area (TPSA) is 13.1 Å². The molecule has 2 atom stereocenters. The normalized spacial score (nSPS) is 31.6. The molecule has 0 saturated heterocycles. The highest BCUT2D eigenvalue weighted by atomic mass is 16.3. The highest BCUT2D eigenvalue weighted by Gasteiger charge is 2.41. The Balaban J connectivity index is 2.01. The van der Waals surface area contributed by atoms with E-state index < -0.39 is 0 Å². The Hall–Kier alpha value is -0.980. The number of fused-ring (bicyclic) bond motifs is 2. The predicted molar refractivity (Wildman–Crippen MR) is 65.3 cm³/mol. The maximum absolute atomic E-state index is 5.58. The van der Waals surface area contributed by atoms with Gasteiger partial charge in [0.25, 0.3) is 0 Å². The van der Waals surface area contributed by atoms with Crippen molar-refractivity contribution >= 4 is 0 Å². The molecule has 1 heteroatoms. The van der Waals surface area contributed by atoms with E-state index in [0.717, 1.165) is 12.3 Å². The molecule has 0 N–H and O–H groups in total. The minimum atomic E-state index is 0.443. The Morgan fingerprint density at radius 1 is 1.31 bits per heavy atom. The molecule has 1 nitrogen and oxygen atoms in total. The van der Waals surface area contributed by atoms with Gasteiger partial charge in [0.15, 0.2) is 0 Å². The summed E-state index contributed by atoms with van der Waals surface area (Å²) in [6, 6.07) is 2.16. The fourth-order valence-electron chi connectivity index (χ4n) is 3.78. The minimum absolute atomic E-state index is 0.443. The molecule has 0 spiro atoms. The Morgan fingerprint density at radius 2 is 2.12 bits per heavy atom. The van der Waals surface area contributed by atoms with E-state index >= 15 is 0 Å². The van der Waals surface area contributed by atoms with Crippen molar-refractivity contribution in [2.45, 2.75) is 40.0 Å². The average Bonchev–Trinajstić information content (AvgIpc) is 2.60. The second-order valence-corrected chi connectivity index (χ2v) is 6.23. The molecule has 1 aromatic rings. The number of allylic oxidation sites excluding steroid dienone is 2. The zero-order chi connectivity index (χ0) is 11.3. The Bertz CT molecular complexity index is 436. The van der Waals surface area contributed by atoms with Crippen LogP contribution in [0.5, 0.6) is 0 Å². The largest absolute Gasteiger partial charge is 0.469 e. The van der Waals surface area contributed by atoms with Gasteiger partial charge in [0.05, 0.1) is 6.26 Å². The Kier molecular flexibility index (Phi) is 2.07. The smallest absolute Gasteiger partial charge is 0.107 e. The number of hydrogen-bond acceptors (Lipinski definition) is 1. The lowest BCUT2D eigenvalue weighted by Crippen LogP contribution is -2.38. The van der Waals surface area contributed by atoms with Gasteiger partial charge in [-0.3, -0.25) is 0 Å². The van der Waals surface area contributed by atoms with Gasteiger partial charge in [-0.15, -0.1) is 0 Å². The lowest BCUT2D eigenvalue weighted by Gasteiger charge is -2.45. The SMILES string of the molecule is CC1=C[C@@H]2Cc3occc3C[C@@H]2C(C)(C)C1. The van der Waals surface area contributed by atoms with E-state index in [1.165, 1.54) is 24.2 Å². The molecule has 1 aromatic heterocycles. The number of rotatable bonds is 0. The molecule has 2 aliphatic carbocycles. The van der Waals surface area contributed by atoms with Crippen LogP contribution >= 0.6 is 0 Å². The van der Waals surface area contributed by atoms with Crippen LogP contribution in [0.2, 0.25) is 0 Å². The van der Waals surface area contributed by atoms with Crippen LogP contribution in [0.1, 0.15) is 38.5 Å². The van der Waals surface area contributed by atoms with Gasteiger partial charge in [0.1, 0.15) is 5.76 Å². The van der Waals surface area contributed by atoms with Crippen LogP contribution in [0.25, 0.3) is 0 Å². The number of hydrogen-bond donors (Lipinski definition) is 0. The molecule has 0 unspecified atom stereocenters. The van der Waals surface area contributed by atoms with Gasteiger partial charge in [-0.2, -0.15) is 0 Å². The van der Waals surface area contributed by atoms with Gasteiger partial charge in [-0.1, -0.05) is 25.5 Å². The third-order valence-corrected chi connectivity index (χ3v) is 4.45. The van der Waals surface area contributed by atoms with Crippen LogP contribution in [0.15, 0.2) is 28.4 Å². The Labute approximate surface area is 97.5 Å². The van der Waals surface area contributed by atoms with Crippen LogP contribution in [-0.4, -0.2) is 0 Å². The molecule has 0 fully saturated rings. The summed E-state index contributed by atoms with van der Waals surface area (Å²) < 4.78 is 5.58. The van der Waals surface area contributed by atoms with Gasteiger partial charge >= 0.3 is 0 Å². The summed E-state index contributed by atoms with van der Waals surface area (Å²) in [5.74, 6) is 2.71. The highest BCUT2D eigenvalue weighted by Crippen LogP contribution is 2.48. The maximum Gasteiger partial charge on any atom is 0.107 e. The van der Waals surface area contributed by atoms with Crippen LogP contribution < -0.4 is 0 Å². The van der Waals surface area contributed by atoms with Crippen molar-refractivity contribution in [3.63, 3.8) is 0 Å². The average molecular weight is 216 g/mol. The van der Waals surface area contributed by atoms with Gasteiger partial charge in [0.2, 0.25) is 0 Å². The first kappa shape index (κ1) is 10.2. The molecule has 3 rings (SSSR count). The van der Waals surface area contributed by atoms with E-state index in [0.29, 0.717) is 11.3 Å². The molecule has 2 aliphatic rings. The van der Waals surface area contributed by atoms with E-state index in [9.17, 15) is 0 Å². The van der Waals surface area contributed by atoms with Crippen LogP contribution in [0.3, 0.4) is 0 Å². The third kappa shape index (κ3) is 1.45. The van der Waals surface area contributed by atoms with Crippen LogP contribution in [-0.2, 0) is 12.8 Å².